The minimum absolute atomic E-state index is 0.114. The number of nitrogens with zero attached hydrogens (tertiary/aromatic N) is 1. The van der Waals surface area contributed by atoms with Crippen LogP contribution in [0.5, 0.6) is 5.75 Å². The summed E-state index contributed by atoms with van der Waals surface area (Å²) < 4.78 is 4.58. The molecule has 2 rings (SSSR count). The second-order valence-corrected chi connectivity index (χ2v) is 3.89. The lowest BCUT2D eigenvalue weighted by atomic mass is 10.2. The second-order valence-electron chi connectivity index (χ2n) is 3.89. The molecule has 0 bridgehead atoms. The summed E-state index contributed by atoms with van der Waals surface area (Å²) in [4.78, 5) is 27.2. The monoisotopic (exact) mass is 272 g/mol. The average molecular weight is 272 g/mol. The molecule has 0 atom stereocenters. The number of hydrogen-bond acceptors (Lipinski definition) is 5. The number of nitrogens with one attached hydrogen (secondary N) is 1. The standard InChI is InChI=1S/C14H12N2O4/c1-20-14(19)9-5-6-12(17)11(8-9)16-13(18)10-4-2-3-7-15-10/h2-8,17H,1H3,(H,16,18). The number of amides is 1. The van der Waals surface area contributed by atoms with Gasteiger partial charge in [-0.25, -0.2) is 4.79 Å². The van der Waals surface area contributed by atoms with Crippen molar-refractivity contribution in [3.8, 4) is 5.75 Å². The molecular weight excluding hydrogens is 260 g/mol. The molecule has 0 saturated carbocycles. The summed E-state index contributed by atoms with van der Waals surface area (Å²) in [5.41, 5.74) is 0.542. The SMILES string of the molecule is COC(=O)c1ccc(O)c(NC(=O)c2ccccn2)c1. The van der Waals surface area contributed by atoms with Crippen LogP contribution in [0.3, 0.4) is 0 Å². The van der Waals surface area contributed by atoms with E-state index in [4.69, 9.17) is 0 Å². The Kier molecular flexibility index (Phi) is 3.95. The van der Waals surface area contributed by atoms with Gasteiger partial charge in [0, 0.05) is 6.20 Å². The zero-order valence-corrected chi connectivity index (χ0v) is 10.7. The maximum Gasteiger partial charge on any atom is 0.337 e. The minimum atomic E-state index is -0.557. The third-order valence-electron chi connectivity index (χ3n) is 2.56. The first-order valence-corrected chi connectivity index (χ1v) is 5.75. The molecular formula is C14H12N2O4. The number of ether oxygens (including phenoxy) is 1. The minimum Gasteiger partial charge on any atom is -0.506 e. The van der Waals surface area contributed by atoms with Gasteiger partial charge in [-0.05, 0) is 30.3 Å². The molecule has 0 unspecified atom stereocenters. The predicted molar refractivity (Wildman–Crippen MR) is 71.6 cm³/mol. The first-order valence-electron chi connectivity index (χ1n) is 5.75. The third-order valence-corrected chi connectivity index (χ3v) is 2.56. The smallest absolute Gasteiger partial charge is 0.337 e. The topological polar surface area (TPSA) is 88.5 Å². The fourth-order valence-corrected chi connectivity index (χ4v) is 1.56. The molecule has 0 aliphatic heterocycles. The second kappa shape index (κ2) is 5.83. The maximum absolute atomic E-state index is 11.9. The number of carbonyl (C=O) groups excluding carboxylic acids is 2. The molecule has 0 spiro atoms. The average Bonchev–Trinajstić information content (AvgIpc) is 2.49. The van der Waals surface area contributed by atoms with E-state index in [1.54, 1.807) is 12.1 Å². The number of esters is 1. The van der Waals surface area contributed by atoms with Crippen LogP contribution in [-0.4, -0.2) is 29.1 Å². The van der Waals surface area contributed by atoms with E-state index in [1.165, 1.54) is 37.6 Å². The zero-order chi connectivity index (χ0) is 14.5. The molecule has 0 saturated heterocycles. The largest absolute Gasteiger partial charge is 0.506 e. The fraction of sp³-hybridized carbons (Fsp3) is 0.0714. The highest BCUT2D eigenvalue weighted by Crippen LogP contribution is 2.25. The number of aromatic hydroxyl groups is 1. The van der Waals surface area contributed by atoms with Crippen molar-refractivity contribution in [3.05, 3.63) is 53.9 Å². The van der Waals surface area contributed by atoms with Gasteiger partial charge >= 0.3 is 5.97 Å². The molecule has 0 fully saturated rings. The van der Waals surface area contributed by atoms with Crippen LogP contribution < -0.4 is 5.32 Å². The van der Waals surface area contributed by atoms with Crippen LogP contribution in [0.1, 0.15) is 20.8 Å². The summed E-state index contributed by atoms with van der Waals surface area (Å²) >= 11 is 0. The molecule has 102 valence electrons. The zero-order valence-electron chi connectivity index (χ0n) is 10.7. The number of methoxy groups -OCH3 is 1. The maximum atomic E-state index is 11.9. The number of hydrogen-bond donors (Lipinski definition) is 2. The predicted octanol–water partition coefficient (Wildman–Crippen LogP) is 1.83. The van der Waals surface area contributed by atoms with Gasteiger partial charge in [0.2, 0.25) is 0 Å². The van der Waals surface area contributed by atoms with Crippen molar-refractivity contribution in [2.75, 3.05) is 12.4 Å². The van der Waals surface area contributed by atoms with Gasteiger partial charge in [-0.15, -0.1) is 0 Å². The van der Waals surface area contributed by atoms with Crippen LogP contribution in [0.25, 0.3) is 0 Å². The number of rotatable bonds is 3. The van der Waals surface area contributed by atoms with Gasteiger partial charge in [-0.3, -0.25) is 9.78 Å². The quantitative estimate of drug-likeness (QED) is 0.657. The highest BCUT2D eigenvalue weighted by molar-refractivity contribution is 6.04. The van der Waals surface area contributed by atoms with Gasteiger partial charge in [-0.2, -0.15) is 0 Å². The Hall–Kier alpha value is -2.89. The van der Waals surface area contributed by atoms with Gasteiger partial charge in [0.05, 0.1) is 18.4 Å². The number of carbonyl (C=O) groups is 2. The molecule has 1 heterocycles. The molecule has 1 amide bonds. The molecule has 2 N–H and O–H groups in total. The van der Waals surface area contributed by atoms with Crippen LogP contribution in [0, 0.1) is 0 Å². The van der Waals surface area contributed by atoms with Crippen LogP contribution in [0.15, 0.2) is 42.6 Å². The summed E-state index contributed by atoms with van der Waals surface area (Å²) in [5, 5.41) is 12.2. The summed E-state index contributed by atoms with van der Waals surface area (Å²) in [5.74, 6) is -1.19. The number of phenolic OH excluding ortho intramolecular Hbond substituents is 1. The molecule has 0 aliphatic carbocycles. The molecule has 6 nitrogen and oxygen atoms in total. The normalized spacial score (nSPS) is 9.85. The van der Waals surface area contributed by atoms with E-state index in [0.717, 1.165) is 0 Å². The highest BCUT2D eigenvalue weighted by Gasteiger charge is 2.13. The van der Waals surface area contributed by atoms with E-state index in [-0.39, 0.29) is 22.7 Å². The van der Waals surface area contributed by atoms with Crippen molar-refractivity contribution in [1.82, 2.24) is 4.98 Å². The van der Waals surface area contributed by atoms with Gasteiger partial charge in [0.15, 0.2) is 0 Å². The Morgan fingerprint density at radius 2 is 2.05 bits per heavy atom. The van der Waals surface area contributed by atoms with Crippen LogP contribution in [-0.2, 0) is 4.74 Å². The first-order chi connectivity index (χ1) is 9.61. The number of anilines is 1. The Morgan fingerprint density at radius 1 is 1.25 bits per heavy atom. The Balaban J connectivity index is 2.25. The number of aromatic nitrogens is 1. The Morgan fingerprint density at radius 3 is 2.70 bits per heavy atom. The van der Waals surface area contributed by atoms with Gasteiger partial charge in [-0.1, -0.05) is 6.07 Å². The van der Waals surface area contributed by atoms with Gasteiger partial charge in [0.1, 0.15) is 11.4 Å². The van der Waals surface area contributed by atoms with E-state index in [1.807, 2.05) is 0 Å². The van der Waals surface area contributed by atoms with Crippen molar-refractivity contribution in [2.24, 2.45) is 0 Å². The molecule has 6 heteroatoms. The van der Waals surface area contributed by atoms with Crippen molar-refractivity contribution in [1.29, 1.82) is 0 Å². The molecule has 20 heavy (non-hydrogen) atoms. The lowest BCUT2D eigenvalue weighted by Gasteiger charge is -2.08. The van der Waals surface area contributed by atoms with E-state index < -0.39 is 11.9 Å². The van der Waals surface area contributed by atoms with Crippen molar-refractivity contribution < 1.29 is 19.4 Å². The molecule has 2 aromatic rings. The van der Waals surface area contributed by atoms with Crippen molar-refractivity contribution in [2.45, 2.75) is 0 Å². The van der Waals surface area contributed by atoms with Gasteiger partial charge < -0.3 is 15.2 Å². The van der Waals surface area contributed by atoms with Crippen LogP contribution >= 0.6 is 0 Å². The summed E-state index contributed by atoms with van der Waals surface area (Å²) in [6.07, 6.45) is 1.49. The number of benzene rings is 1. The summed E-state index contributed by atoms with van der Waals surface area (Å²) in [7, 11) is 1.25. The fourth-order valence-electron chi connectivity index (χ4n) is 1.56. The summed E-state index contributed by atoms with van der Waals surface area (Å²) in [6, 6.07) is 8.94. The van der Waals surface area contributed by atoms with E-state index in [9.17, 15) is 14.7 Å². The van der Waals surface area contributed by atoms with Crippen LogP contribution in [0.2, 0.25) is 0 Å². The Labute approximate surface area is 115 Å². The molecule has 1 aromatic heterocycles. The first kappa shape index (κ1) is 13.5. The molecule has 0 aliphatic rings. The van der Waals surface area contributed by atoms with Crippen molar-refractivity contribution in [3.63, 3.8) is 0 Å². The lowest BCUT2D eigenvalue weighted by Crippen LogP contribution is -2.14. The van der Waals surface area contributed by atoms with E-state index in [0.29, 0.717) is 0 Å². The van der Waals surface area contributed by atoms with E-state index >= 15 is 0 Å². The van der Waals surface area contributed by atoms with E-state index in [2.05, 4.69) is 15.0 Å². The molecule has 1 aromatic carbocycles. The molecule has 0 radical (unpaired) electrons. The summed E-state index contributed by atoms with van der Waals surface area (Å²) in [6.45, 7) is 0. The van der Waals surface area contributed by atoms with Crippen LogP contribution in [0.4, 0.5) is 5.69 Å². The lowest BCUT2D eigenvalue weighted by molar-refractivity contribution is 0.0600. The van der Waals surface area contributed by atoms with Gasteiger partial charge in [0.25, 0.3) is 5.91 Å². The number of phenols is 1. The number of pyridine rings is 1. The third kappa shape index (κ3) is 2.92. The van der Waals surface area contributed by atoms with Crippen molar-refractivity contribution >= 4 is 17.6 Å². The Bertz CT molecular complexity index is 641. The highest BCUT2D eigenvalue weighted by atomic mass is 16.5.